The third-order valence-electron chi connectivity index (χ3n) is 2.30. The molecule has 0 atom stereocenters. The second kappa shape index (κ2) is 4.72. The summed E-state index contributed by atoms with van der Waals surface area (Å²) < 4.78 is 6.37. The zero-order chi connectivity index (χ0) is 13.1. The first-order valence-corrected chi connectivity index (χ1v) is 5.43. The van der Waals surface area contributed by atoms with Crippen LogP contribution >= 0.6 is 0 Å². The van der Waals surface area contributed by atoms with Crippen molar-refractivity contribution >= 4 is 11.9 Å². The van der Waals surface area contributed by atoms with Gasteiger partial charge in [-0.2, -0.15) is 24.7 Å². The van der Waals surface area contributed by atoms with Crippen molar-refractivity contribution in [2.75, 3.05) is 11.1 Å². The molecule has 0 fully saturated rings. The predicted molar refractivity (Wildman–Crippen MR) is 65.2 cm³/mol. The fraction of sp³-hybridized carbons (Fsp3) is 0.100. The van der Waals surface area contributed by atoms with Crippen molar-refractivity contribution in [2.45, 2.75) is 6.54 Å². The quantitative estimate of drug-likeness (QED) is 0.682. The Morgan fingerprint density at radius 2 is 2.26 bits per heavy atom. The van der Waals surface area contributed by atoms with Crippen LogP contribution in [-0.4, -0.2) is 29.7 Å². The van der Waals surface area contributed by atoms with Gasteiger partial charge in [0.05, 0.1) is 12.5 Å². The van der Waals surface area contributed by atoms with E-state index in [0.29, 0.717) is 18.4 Å². The smallest absolute Gasteiger partial charge is 0.258 e. The molecule has 0 unspecified atom stereocenters. The molecule has 19 heavy (non-hydrogen) atoms. The summed E-state index contributed by atoms with van der Waals surface area (Å²) in [5.74, 6) is 0.772. The van der Waals surface area contributed by atoms with E-state index in [2.05, 4.69) is 30.4 Å². The van der Waals surface area contributed by atoms with Gasteiger partial charge >= 0.3 is 0 Å². The third-order valence-corrected chi connectivity index (χ3v) is 2.30. The summed E-state index contributed by atoms with van der Waals surface area (Å²) in [6.07, 6.45) is 6.10. The van der Waals surface area contributed by atoms with Crippen LogP contribution in [0.3, 0.4) is 0 Å². The summed E-state index contributed by atoms with van der Waals surface area (Å²) in [4.78, 5) is 16.0. The lowest BCUT2D eigenvalue weighted by Gasteiger charge is -2.05. The van der Waals surface area contributed by atoms with Crippen molar-refractivity contribution in [3.8, 4) is 5.95 Å². The summed E-state index contributed by atoms with van der Waals surface area (Å²) in [5.41, 5.74) is 6.61. The van der Waals surface area contributed by atoms with Crippen molar-refractivity contribution in [3.05, 3.63) is 36.8 Å². The maximum atomic E-state index is 5.63. The van der Waals surface area contributed by atoms with Crippen LogP contribution in [0.2, 0.25) is 0 Å². The fourth-order valence-corrected chi connectivity index (χ4v) is 1.45. The van der Waals surface area contributed by atoms with Gasteiger partial charge in [-0.1, -0.05) is 0 Å². The molecule has 3 heterocycles. The molecule has 0 bridgehead atoms. The lowest BCUT2D eigenvalue weighted by Crippen LogP contribution is -2.11. The molecule has 0 radical (unpaired) electrons. The number of nitrogens with one attached hydrogen (secondary N) is 1. The standard InChI is InChI=1S/C10H10N8O/c11-8-15-9(13-3-7-1-2-19-4-7)17-10(16-8)18-6-12-5-14-18/h1-2,4-6H,3H2,(H3,11,13,15,16,17). The second-order valence-electron chi connectivity index (χ2n) is 3.64. The second-order valence-corrected chi connectivity index (χ2v) is 3.64. The highest BCUT2D eigenvalue weighted by atomic mass is 16.3. The lowest BCUT2D eigenvalue weighted by atomic mass is 10.3. The molecular formula is C10H10N8O. The number of furan rings is 1. The largest absolute Gasteiger partial charge is 0.472 e. The predicted octanol–water partition coefficient (Wildman–Crippen LogP) is 0.240. The van der Waals surface area contributed by atoms with Gasteiger partial charge in [0.1, 0.15) is 12.7 Å². The minimum absolute atomic E-state index is 0.107. The number of anilines is 2. The van der Waals surface area contributed by atoms with Crippen LogP contribution in [0.25, 0.3) is 5.95 Å². The number of nitrogens with zero attached hydrogens (tertiary/aromatic N) is 6. The molecule has 0 aliphatic carbocycles. The first-order valence-electron chi connectivity index (χ1n) is 5.43. The van der Waals surface area contributed by atoms with Gasteiger partial charge in [-0.3, -0.25) is 0 Å². The molecule has 0 aliphatic heterocycles. The van der Waals surface area contributed by atoms with Crippen molar-refractivity contribution in [3.63, 3.8) is 0 Å². The first kappa shape index (κ1) is 11.1. The van der Waals surface area contributed by atoms with E-state index in [-0.39, 0.29) is 5.95 Å². The summed E-state index contributed by atoms with van der Waals surface area (Å²) in [7, 11) is 0. The number of nitrogen functional groups attached to an aromatic ring is 1. The Morgan fingerprint density at radius 1 is 1.32 bits per heavy atom. The number of hydrogen-bond donors (Lipinski definition) is 2. The Bertz CT molecular complexity index is 648. The highest BCUT2D eigenvalue weighted by molar-refractivity contribution is 5.35. The Kier molecular flexibility index (Phi) is 2.77. The molecule has 3 rings (SSSR count). The Labute approximate surface area is 107 Å². The monoisotopic (exact) mass is 258 g/mol. The van der Waals surface area contributed by atoms with Gasteiger partial charge in [0.25, 0.3) is 5.95 Å². The Hall–Kier alpha value is -2.97. The van der Waals surface area contributed by atoms with Crippen LogP contribution in [0.1, 0.15) is 5.56 Å². The highest BCUT2D eigenvalue weighted by Gasteiger charge is 2.06. The number of aromatic nitrogens is 6. The summed E-state index contributed by atoms with van der Waals surface area (Å²) in [6, 6.07) is 1.84. The first-order chi connectivity index (χ1) is 9.31. The van der Waals surface area contributed by atoms with Crippen LogP contribution in [0.15, 0.2) is 35.7 Å². The van der Waals surface area contributed by atoms with Gasteiger partial charge in [0.2, 0.25) is 11.9 Å². The zero-order valence-electron chi connectivity index (χ0n) is 9.76. The molecule has 0 spiro atoms. The van der Waals surface area contributed by atoms with Crippen LogP contribution in [0, 0.1) is 0 Å². The van der Waals surface area contributed by atoms with E-state index in [9.17, 15) is 0 Å². The normalized spacial score (nSPS) is 10.5. The zero-order valence-corrected chi connectivity index (χ0v) is 9.76. The van der Waals surface area contributed by atoms with Crippen molar-refractivity contribution in [2.24, 2.45) is 0 Å². The van der Waals surface area contributed by atoms with Gasteiger partial charge in [-0.15, -0.1) is 0 Å². The minimum atomic E-state index is 0.107. The Morgan fingerprint density at radius 3 is 3.00 bits per heavy atom. The topological polar surface area (TPSA) is 121 Å². The number of rotatable bonds is 4. The average molecular weight is 258 g/mol. The van der Waals surface area contributed by atoms with Crippen LogP contribution < -0.4 is 11.1 Å². The molecule has 3 aromatic heterocycles. The van der Waals surface area contributed by atoms with E-state index < -0.39 is 0 Å². The molecule has 9 heteroatoms. The van der Waals surface area contributed by atoms with Crippen molar-refractivity contribution in [1.82, 2.24) is 29.7 Å². The van der Waals surface area contributed by atoms with Crippen LogP contribution in [0.4, 0.5) is 11.9 Å². The molecule has 0 aliphatic rings. The third kappa shape index (κ3) is 2.49. The SMILES string of the molecule is Nc1nc(NCc2ccoc2)nc(-n2cncn2)n1. The van der Waals surface area contributed by atoms with Crippen LogP contribution in [0.5, 0.6) is 0 Å². The van der Waals surface area contributed by atoms with E-state index in [1.165, 1.54) is 17.3 Å². The average Bonchev–Trinajstić information content (AvgIpc) is 3.09. The number of hydrogen-bond acceptors (Lipinski definition) is 8. The highest BCUT2D eigenvalue weighted by Crippen LogP contribution is 2.08. The molecule has 3 aromatic rings. The lowest BCUT2D eigenvalue weighted by molar-refractivity contribution is 0.564. The number of nitrogens with two attached hydrogens (primary N) is 1. The van der Waals surface area contributed by atoms with E-state index in [1.807, 2.05) is 6.07 Å². The van der Waals surface area contributed by atoms with Gasteiger partial charge < -0.3 is 15.5 Å². The van der Waals surface area contributed by atoms with Crippen LogP contribution in [-0.2, 0) is 6.54 Å². The fourth-order valence-electron chi connectivity index (χ4n) is 1.45. The molecule has 0 amide bonds. The maximum Gasteiger partial charge on any atom is 0.258 e. The van der Waals surface area contributed by atoms with Crippen molar-refractivity contribution in [1.29, 1.82) is 0 Å². The summed E-state index contributed by atoms with van der Waals surface area (Å²) in [6.45, 7) is 0.525. The molecule has 0 saturated heterocycles. The minimum Gasteiger partial charge on any atom is -0.472 e. The molecule has 3 N–H and O–H groups in total. The Balaban J connectivity index is 1.82. The van der Waals surface area contributed by atoms with Gasteiger partial charge in [0.15, 0.2) is 0 Å². The van der Waals surface area contributed by atoms with E-state index in [0.717, 1.165) is 5.56 Å². The van der Waals surface area contributed by atoms with E-state index >= 15 is 0 Å². The molecular weight excluding hydrogens is 248 g/mol. The molecule has 0 aromatic carbocycles. The van der Waals surface area contributed by atoms with Gasteiger partial charge in [0, 0.05) is 12.1 Å². The van der Waals surface area contributed by atoms with Gasteiger partial charge in [-0.05, 0) is 6.07 Å². The molecule has 9 nitrogen and oxygen atoms in total. The van der Waals surface area contributed by atoms with Crippen molar-refractivity contribution < 1.29 is 4.42 Å². The van der Waals surface area contributed by atoms with Gasteiger partial charge in [-0.25, -0.2) is 4.98 Å². The maximum absolute atomic E-state index is 5.63. The summed E-state index contributed by atoms with van der Waals surface area (Å²) in [5, 5.41) is 6.96. The molecule has 0 saturated carbocycles. The summed E-state index contributed by atoms with van der Waals surface area (Å²) >= 11 is 0. The van der Waals surface area contributed by atoms with E-state index in [1.54, 1.807) is 12.5 Å². The molecule has 96 valence electrons. The van der Waals surface area contributed by atoms with E-state index in [4.69, 9.17) is 10.2 Å².